The van der Waals surface area contributed by atoms with Crippen LogP contribution in [0.1, 0.15) is 36.2 Å². The van der Waals surface area contributed by atoms with Gasteiger partial charge in [-0.1, -0.05) is 34.8 Å². The molecular formula is C20H19Cl3N4O. The van der Waals surface area contributed by atoms with Crippen LogP contribution >= 0.6 is 34.8 Å². The number of hydrogen-bond donors (Lipinski definition) is 2. The van der Waals surface area contributed by atoms with E-state index in [2.05, 4.69) is 9.97 Å². The Morgan fingerprint density at radius 3 is 2.64 bits per heavy atom. The standard InChI is InChI=1S/C20H19Cl3N4O/c21-13-3-4-16-17(9-13)26-19(25-16)11-2-1-5-27(10-11)20(28)18(24)12-6-14(22)8-15(23)7-12/h3-4,6-9,11,18H,1-2,5,10,24H2,(H,25,26). The predicted octanol–water partition coefficient (Wildman–Crippen LogP) is 4.93. The summed E-state index contributed by atoms with van der Waals surface area (Å²) in [5.41, 5.74) is 8.60. The molecule has 0 bridgehead atoms. The Morgan fingerprint density at radius 1 is 1.14 bits per heavy atom. The number of nitrogens with two attached hydrogens (primary N) is 1. The van der Waals surface area contributed by atoms with Crippen LogP contribution in [0.3, 0.4) is 0 Å². The number of hydrogen-bond acceptors (Lipinski definition) is 3. The van der Waals surface area contributed by atoms with Gasteiger partial charge < -0.3 is 15.6 Å². The molecule has 28 heavy (non-hydrogen) atoms. The highest BCUT2D eigenvalue weighted by atomic mass is 35.5. The molecule has 5 nitrogen and oxygen atoms in total. The molecule has 1 aliphatic heterocycles. The van der Waals surface area contributed by atoms with Crippen LogP contribution in [0.4, 0.5) is 0 Å². The fraction of sp³-hybridized carbons (Fsp3) is 0.300. The van der Waals surface area contributed by atoms with Crippen LogP contribution in [0.2, 0.25) is 15.1 Å². The van der Waals surface area contributed by atoms with Gasteiger partial charge in [-0.25, -0.2) is 4.98 Å². The number of aromatic nitrogens is 2. The number of carbonyl (C=O) groups excluding carboxylic acids is 1. The molecule has 0 spiro atoms. The van der Waals surface area contributed by atoms with Gasteiger partial charge in [0.15, 0.2) is 0 Å². The number of carbonyl (C=O) groups is 1. The third kappa shape index (κ3) is 3.98. The van der Waals surface area contributed by atoms with E-state index in [0.29, 0.717) is 33.7 Å². The van der Waals surface area contributed by atoms with Gasteiger partial charge >= 0.3 is 0 Å². The minimum Gasteiger partial charge on any atom is -0.342 e. The highest BCUT2D eigenvalue weighted by Crippen LogP contribution is 2.30. The lowest BCUT2D eigenvalue weighted by Crippen LogP contribution is -2.44. The van der Waals surface area contributed by atoms with E-state index in [1.807, 2.05) is 18.2 Å². The van der Waals surface area contributed by atoms with Gasteiger partial charge in [0, 0.05) is 34.1 Å². The zero-order chi connectivity index (χ0) is 19.8. The van der Waals surface area contributed by atoms with Crippen LogP contribution in [0.25, 0.3) is 11.0 Å². The second-order valence-corrected chi connectivity index (χ2v) is 8.40. The summed E-state index contributed by atoms with van der Waals surface area (Å²) < 4.78 is 0. The SMILES string of the molecule is NC(C(=O)N1CCCC(c2nc3cc(Cl)ccc3[nH]2)C1)c1cc(Cl)cc(Cl)c1. The van der Waals surface area contributed by atoms with E-state index in [1.54, 1.807) is 23.1 Å². The highest BCUT2D eigenvalue weighted by Gasteiger charge is 2.30. The van der Waals surface area contributed by atoms with E-state index in [1.165, 1.54) is 0 Å². The maximum atomic E-state index is 13.0. The van der Waals surface area contributed by atoms with E-state index in [9.17, 15) is 4.79 Å². The van der Waals surface area contributed by atoms with Crippen molar-refractivity contribution in [2.24, 2.45) is 5.73 Å². The van der Waals surface area contributed by atoms with Crippen molar-refractivity contribution < 1.29 is 4.79 Å². The molecule has 0 radical (unpaired) electrons. The first kappa shape index (κ1) is 19.5. The first-order chi connectivity index (χ1) is 13.4. The molecule has 1 amide bonds. The van der Waals surface area contributed by atoms with Gasteiger partial charge in [0.1, 0.15) is 11.9 Å². The minimum atomic E-state index is -0.801. The van der Waals surface area contributed by atoms with Gasteiger partial charge in [0.2, 0.25) is 5.91 Å². The van der Waals surface area contributed by atoms with Crippen LogP contribution in [0.5, 0.6) is 0 Å². The number of likely N-dealkylation sites (tertiary alicyclic amines) is 1. The summed E-state index contributed by atoms with van der Waals surface area (Å²) in [4.78, 5) is 22.8. The van der Waals surface area contributed by atoms with Gasteiger partial charge in [-0.2, -0.15) is 0 Å². The van der Waals surface area contributed by atoms with Crippen LogP contribution in [0.15, 0.2) is 36.4 Å². The van der Waals surface area contributed by atoms with Crippen molar-refractivity contribution in [2.45, 2.75) is 24.8 Å². The molecule has 3 N–H and O–H groups in total. The summed E-state index contributed by atoms with van der Waals surface area (Å²) in [7, 11) is 0. The van der Waals surface area contributed by atoms with Gasteiger partial charge in [-0.05, 0) is 54.8 Å². The lowest BCUT2D eigenvalue weighted by molar-refractivity contribution is -0.134. The second-order valence-electron chi connectivity index (χ2n) is 7.09. The van der Waals surface area contributed by atoms with Gasteiger partial charge in [0.05, 0.1) is 11.0 Å². The van der Waals surface area contributed by atoms with Crippen LogP contribution in [-0.2, 0) is 4.79 Å². The van der Waals surface area contributed by atoms with Crippen molar-refractivity contribution >= 4 is 51.7 Å². The Bertz CT molecular complexity index is 1020. The summed E-state index contributed by atoms with van der Waals surface area (Å²) in [6.45, 7) is 1.23. The van der Waals surface area contributed by atoms with E-state index in [0.717, 1.165) is 29.7 Å². The fourth-order valence-corrected chi connectivity index (χ4v) is 4.40. The Morgan fingerprint density at radius 2 is 1.89 bits per heavy atom. The Balaban J connectivity index is 1.53. The number of nitrogens with one attached hydrogen (secondary N) is 1. The quantitative estimate of drug-likeness (QED) is 0.610. The van der Waals surface area contributed by atoms with Crippen molar-refractivity contribution in [3.8, 4) is 0 Å². The topological polar surface area (TPSA) is 75.0 Å². The molecule has 2 heterocycles. The maximum Gasteiger partial charge on any atom is 0.244 e. The van der Waals surface area contributed by atoms with Gasteiger partial charge in [-0.15, -0.1) is 0 Å². The fourth-order valence-electron chi connectivity index (χ4n) is 3.69. The van der Waals surface area contributed by atoms with Crippen LogP contribution in [-0.4, -0.2) is 33.9 Å². The smallest absolute Gasteiger partial charge is 0.244 e. The van der Waals surface area contributed by atoms with E-state index < -0.39 is 6.04 Å². The maximum absolute atomic E-state index is 13.0. The number of rotatable bonds is 3. The lowest BCUT2D eigenvalue weighted by Gasteiger charge is -2.33. The molecule has 8 heteroatoms. The normalized spacial score (nSPS) is 18.4. The Labute approximate surface area is 177 Å². The number of H-pyrrole nitrogens is 1. The number of amides is 1. The average Bonchev–Trinajstić information content (AvgIpc) is 3.09. The number of fused-ring (bicyclic) bond motifs is 1. The molecule has 1 fully saturated rings. The third-order valence-electron chi connectivity index (χ3n) is 5.09. The zero-order valence-corrected chi connectivity index (χ0v) is 17.2. The summed E-state index contributed by atoms with van der Waals surface area (Å²) in [6, 6.07) is 9.76. The van der Waals surface area contributed by atoms with Crippen LogP contribution < -0.4 is 5.73 Å². The molecule has 3 aromatic rings. The number of piperidine rings is 1. The van der Waals surface area contributed by atoms with Crippen molar-refractivity contribution in [3.05, 3.63) is 62.9 Å². The van der Waals surface area contributed by atoms with Gasteiger partial charge in [-0.3, -0.25) is 4.79 Å². The predicted molar refractivity (Wildman–Crippen MR) is 113 cm³/mol. The van der Waals surface area contributed by atoms with Gasteiger partial charge in [0.25, 0.3) is 0 Å². The lowest BCUT2D eigenvalue weighted by atomic mass is 9.96. The molecule has 2 atom stereocenters. The monoisotopic (exact) mass is 436 g/mol. The molecule has 4 rings (SSSR count). The summed E-state index contributed by atoms with van der Waals surface area (Å²) in [6.07, 6.45) is 1.84. The zero-order valence-electron chi connectivity index (χ0n) is 15.0. The number of imidazole rings is 1. The van der Waals surface area contributed by atoms with E-state index in [4.69, 9.17) is 40.5 Å². The molecule has 1 aliphatic rings. The number of benzene rings is 2. The first-order valence-corrected chi connectivity index (χ1v) is 10.2. The minimum absolute atomic E-state index is 0.124. The molecular weight excluding hydrogens is 419 g/mol. The van der Waals surface area contributed by atoms with E-state index >= 15 is 0 Å². The summed E-state index contributed by atoms with van der Waals surface area (Å²) in [5.74, 6) is 0.857. The average molecular weight is 438 g/mol. The van der Waals surface area contributed by atoms with Crippen molar-refractivity contribution in [1.29, 1.82) is 0 Å². The van der Waals surface area contributed by atoms with E-state index in [-0.39, 0.29) is 11.8 Å². The van der Waals surface area contributed by atoms with Crippen molar-refractivity contribution in [2.75, 3.05) is 13.1 Å². The first-order valence-electron chi connectivity index (χ1n) is 9.06. The highest BCUT2D eigenvalue weighted by molar-refractivity contribution is 6.34. The van der Waals surface area contributed by atoms with Crippen LogP contribution in [0, 0.1) is 0 Å². The molecule has 1 saturated heterocycles. The van der Waals surface area contributed by atoms with Crippen molar-refractivity contribution in [3.63, 3.8) is 0 Å². The molecule has 0 aliphatic carbocycles. The molecule has 2 aromatic carbocycles. The molecule has 0 saturated carbocycles. The second kappa shape index (κ2) is 7.91. The summed E-state index contributed by atoms with van der Waals surface area (Å²) >= 11 is 18.2. The molecule has 146 valence electrons. The summed E-state index contributed by atoms with van der Waals surface area (Å²) in [5, 5.41) is 1.57. The Hall–Kier alpha value is -1.79. The Kier molecular flexibility index (Phi) is 5.52. The van der Waals surface area contributed by atoms with Crippen molar-refractivity contribution in [1.82, 2.24) is 14.9 Å². The number of aromatic amines is 1. The largest absolute Gasteiger partial charge is 0.342 e. The third-order valence-corrected chi connectivity index (χ3v) is 5.76. The number of nitrogens with zero attached hydrogens (tertiary/aromatic N) is 2. The molecule has 1 aromatic heterocycles. The molecule has 2 unspecified atom stereocenters. The number of halogens is 3.